The van der Waals surface area contributed by atoms with Gasteiger partial charge in [0.1, 0.15) is 11.6 Å². The molecule has 2 unspecified atom stereocenters. The fourth-order valence-electron chi connectivity index (χ4n) is 3.79. The van der Waals surface area contributed by atoms with Gasteiger partial charge in [-0.25, -0.2) is 4.79 Å². The van der Waals surface area contributed by atoms with Crippen LogP contribution in [-0.4, -0.2) is 43.4 Å². The van der Waals surface area contributed by atoms with E-state index in [9.17, 15) is 9.59 Å². The van der Waals surface area contributed by atoms with Gasteiger partial charge in [-0.2, -0.15) is 0 Å². The lowest BCUT2D eigenvalue weighted by Crippen LogP contribution is -2.35. The quantitative estimate of drug-likeness (QED) is 0.262. The van der Waals surface area contributed by atoms with Crippen molar-refractivity contribution in [2.24, 2.45) is 0 Å². The molecule has 0 saturated carbocycles. The standard InChI is InChI=1S/C24H28Cl2N2O5Si/c1-6-31-23(29)19(16-10-8-9-11-27-16)22(33-34(3,4)5)20-18-15(26)12-14(25)13-17(18)28-21(20)24(30)32-7-2/h8-13,19,22,28H,6-7H2,1-5H3. The van der Waals surface area contributed by atoms with Gasteiger partial charge in [0, 0.05) is 27.7 Å². The number of pyridine rings is 1. The maximum absolute atomic E-state index is 13.3. The van der Waals surface area contributed by atoms with E-state index in [-0.39, 0.29) is 18.9 Å². The number of H-pyrrole nitrogens is 1. The van der Waals surface area contributed by atoms with Crippen molar-refractivity contribution < 1.29 is 23.5 Å². The van der Waals surface area contributed by atoms with E-state index in [1.165, 1.54) is 0 Å². The Bertz CT molecular complexity index is 1180. The van der Waals surface area contributed by atoms with Crippen molar-refractivity contribution in [3.05, 3.63) is 63.5 Å². The fraction of sp³-hybridized carbons (Fsp3) is 0.375. The number of rotatable bonds is 9. The van der Waals surface area contributed by atoms with Gasteiger partial charge in [0.05, 0.1) is 30.0 Å². The second kappa shape index (κ2) is 10.9. The van der Waals surface area contributed by atoms with Crippen molar-refractivity contribution in [3.8, 4) is 0 Å². The van der Waals surface area contributed by atoms with E-state index >= 15 is 0 Å². The number of halogens is 2. The highest BCUT2D eigenvalue weighted by atomic mass is 35.5. The summed E-state index contributed by atoms with van der Waals surface area (Å²) >= 11 is 12.9. The molecular weight excluding hydrogens is 495 g/mol. The Hall–Kier alpha value is -2.39. The van der Waals surface area contributed by atoms with Gasteiger partial charge in [-0.3, -0.25) is 9.78 Å². The molecule has 1 aromatic carbocycles. The van der Waals surface area contributed by atoms with E-state index in [0.717, 1.165) is 0 Å². The van der Waals surface area contributed by atoms with Crippen LogP contribution in [0, 0.1) is 0 Å². The first-order valence-corrected chi connectivity index (χ1v) is 15.2. The molecule has 34 heavy (non-hydrogen) atoms. The summed E-state index contributed by atoms with van der Waals surface area (Å²) in [5, 5.41) is 1.25. The third-order valence-electron chi connectivity index (χ3n) is 4.95. The summed E-state index contributed by atoms with van der Waals surface area (Å²) in [5.74, 6) is -2.06. The van der Waals surface area contributed by atoms with Crippen LogP contribution in [0.4, 0.5) is 0 Å². The van der Waals surface area contributed by atoms with Gasteiger partial charge < -0.3 is 18.9 Å². The second-order valence-corrected chi connectivity index (χ2v) is 13.9. The van der Waals surface area contributed by atoms with Crippen LogP contribution >= 0.6 is 23.2 Å². The Morgan fingerprint density at radius 3 is 2.38 bits per heavy atom. The van der Waals surface area contributed by atoms with E-state index in [4.69, 9.17) is 37.1 Å². The first kappa shape index (κ1) is 26.2. The molecule has 0 aliphatic rings. The monoisotopic (exact) mass is 522 g/mol. The van der Waals surface area contributed by atoms with E-state index < -0.39 is 32.3 Å². The number of fused-ring (bicyclic) bond motifs is 1. The van der Waals surface area contributed by atoms with E-state index in [2.05, 4.69) is 9.97 Å². The van der Waals surface area contributed by atoms with Crippen molar-refractivity contribution in [1.29, 1.82) is 0 Å². The highest BCUT2D eigenvalue weighted by molar-refractivity contribution is 6.69. The van der Waals surface area contributed by atoms with Crippen molar-refractivity contribution >= 4 is 54.4 Å². The van der Waals surface area contributed by atoms with Crippen molar-refractivity contribution in [2.45, 2.75) is 45.5 Å². The summed E-state index contributed by atoms with van der Waals surface area (Å²) in [7, 11) is -2.30. The van der Waals surface area contributed by atoms with Crippen molar-refractivity contribution in [3.63, 3.8) is 0 Å². The van der Waals surface area contributed by atoms with Crippen LogP contribution < -0.4 is 0 Å². The minimum absolute atomic E-state index is 0.148. The zero-order valence-corrected chi connectivity index (χ0v) is 22.3. The molecular formula is C24H28Cl2N2O5Si. The molecule has 7 nitrogen and oxygen atoms in total. The maximum Gasteiger partial charge on any atom is 0.355 e. The smallest absolute Gasteiger partial charge is 0.355 e. The Balaban J connectivity index is 2.38. The zero-order chi connectivity index (χ0) is 25.0. The van der Waals surface area contributed by atoms with Gasteiger partial charge in [-0.05, 0) is 57.8 Å². The minimum Gasteiger partial charge on any atom is -0.465 e. The zero-order valence-electron chi connectivity index (χ0n) is 19.8. The van der Waals surface area contributed by atoms with Crippen LogP contribution in [0.15, 0.2) is 36.5 Å². The first-order valence-electron chi connectivity index (χ1n) is 11.0. The van der Waals surface area contributed by atoms with Crippen molar-refractivity contribution in [1.82, 2.24) is 9.97 Å². The van der Waals surface area contributed by atoms with E-state index in [0.29, 0.717) is 32.2 Å². The molecule has 2 heterocycles. The summed E-state index contributed by atoms with van der Waals surface area (Å²) in [6.45, 7) is 9.79. The number of ether oxygens (including phenoxy) is 2. The number of nitrogens with one attached hydrogen (secondary N) is 1. The van der Waals surface area contributed by atoms with Gasteiger partial charge in [-0.15, -0.1) is 0 Å². The fourth-order valence-corrected chi connectivity index (χ4v) is 5.40. The van der Waals surface area contributed by atoms with Crippen LogP contribution in [0.5, 0.6) is 0 Å². The maximum atomic E-state index is 13.3. The number of carbonyl (C=O) groups is 2. The normalized spacial score (nSPS) is 13.5. The van der Waals surface area contributed by atoms with Gasteiger partial charge in [0.2, 0.25) is 0 Å². The minimum atomic E-state index is -2.30. The molecule has 1 N–H and O–H groups in total. The second-order valence-electron chi connectivity index (χ2n) is 8.58. The summed E-state index contributed by atoms with van der Waals surface area (Å²) < 4.78 is 17.4. The lowest BCUT2D eigenvalue weighted by molar-refractivity contribution is -0.147. The summed E-state index contributed by atoms with van der Waals surface area (Å²) in [6, 6.07) is 8.53. The van der Waals surface area contributed by atoms with Gasteiger partial charge in [0.25, 0.3) is 0 Å². The van der Waals surface area contributed by atoms with Gasteiger partial charge >= 0.3 is 11.9 Å². The summed E-state index contributed by atoms with van der Waals surface area (Å²) in [6.07, 6.45) is 0.675. The highest BCUT2D eigenvalue weighted by Crippen LogP contribution is 2.44. The highest BCUT2D eigenvalue weighted by Gasteiger charge is 2.41. The topological polar surface area (TPSA) is 90.5 Å². The summed E-state index contributed by atoms with van der Waals surface area (Å²) in [5.41, 5.74) is 1.55. The third-order valence-corrected chi connectivity index (χ3v) is 6.42. The Morgan fingerprint density at radius 2 is 1.79 bits per heavy atom. The Labute approximate surface area is 209 Å². The number of carbonyl (C=O) groups excluding carboxylic acids is 2. The molecule has 3 aromatic rings. The van der Waals surface area contributed by atoms with Crippen LogP contribution in [0.2, 0.25) is 29.7 Å². The van der Waals surface area contributed by atoms with Crippen LogP contribution in [0.3, 0.4) is 0 Å². The molecule has 0 spiro atoms. The third kappa shape index (κ3) is 5.80. The van der Waals surface area contributed by atoms with E-state index in [1.807, 2.05) is 19.6 Å². The molecule has 0 amide bonds. The molecule has 0 aliphatic heterocycles. The number of aromatic nitrogens is 2. The SMILES string of the molecule is CCOC(=O)c1[nH]c2cc(Cl)cc(Cl)c2c1C(O[Si](C)(C)C)C(C(=O)OCC)c1ccccn1. The molecule has 0 saturated heterocycles. The number of esters is 2. The molecule has 2 atom stereocenters. The molecule has 0 bridgehead atoms. The Morgan fingerprint density at radius 1 is 1.09 bits per heavy atom. The van der Waals surface area contributed by atoms with Crippen LogP contribution in [0.1, 0.15) is 47.6 Å². The number of aromatic amines is 1. The number of hydrogen-bond acceptors (Lipinski definition) is 6. The molecule has 3 rings (SSSR count). The molecule has 10 heteroatoms. The summed E-state index contributed by atoms with van der Waals surface area (Å²) in [4.78, 5) is 33.9. The Kier molecular flexibility index (Phi) is 8.41. The van der Waals surface area contributed by atoms with Gasteiger partial charge in [-0.1, -0.05) is 29.3 Å². The largest absolute Gasteiger partial charge is 0.465 e. The van der Waals surface area contributed by atoms with Crippen LogP contribution in [-0.2, 0) is 18.7 Å². The van der Waals surface area contributed by atoms with Crippen molar-refractivity contribution in [2.75, 3.05) is 13.2 Å². The average molecular weight is 523 g/mol. The predicted octanol–water partition coefficient (Wildman–Crippen LogP) is 6.29. The molecule has 0 radical (unpaired) electrons. The predicted molar refractivity (Wildman–Crippen MR) is 135 cm³/mol. The lowest BCUT2D eigenvalue weighted by Gasteiger charge is -2.32. The number of hydrogen-bond donors (Lipinski definition) is 1. The molecule has 2 aromatic heterocycles. The van der Waals surface area contributed by atoms with E-state index in [1.54, 1.807) is 50.4 Å². The van der Waals surface area contributed by atoms with Crippen LogP contribution in [0.25, 0.3) is 10.9 Å². The number of nitrogens with zero attached hydrogens (tertiary/aromatic N) is 1. The average Bonchev–Trinajstić information content (AvgIpc) is 3.13. The molecule has 182 valence electrons. The lowest BCUT2D eigenvalue weighted by atomic mass is 9.90. The number of benzene rings is 1. The molecule has 0 aliphatic carbocycles. The first-order chi connectivity index (χ1) is 16.1. The molecule has 0 fully saturated rings. The van der Waals surface area contributed by atoms with Gasteiger partial charge in [0.15, 0.2) is 8.32 Å².